The van der Waals surface area contributed by atoms with E-state index in [9.17, 15) is 4.79 Å². The zero-order valence-corrected chi connectivity index (χ0v) is 9.19. The highest BCUT2D eigenvalue weighted by atomic mass is 16.5. The Bertz CT molecular complexity index is 320. The molecule has 0 unspecified atom stereocenters. The van der Waals surface area contributed by atoms with Gasteiger partial charge in [0.1, 0.15) is 6.42 Å². The molecular weight excluding hydrogens is 198 g/mol. The van der Waals surface area contributed by atoms with Crippen molar-refractivity contribution < 1.29 is 14.1 Å². The van der Waals surface area contributed by atoms with Gasteiger partial charge in [-0.15, -0.1) is 0 Å². The Morgan fingerprint density at radius 3 is 2.67 bits per heavy atom. The number of rotatable bonds is 5. The number of aromatic nitrogens is 2. The SMILES string of the molecule is CCN(CC)c1noc(CC(=O)OC)n1. The van der Waals surface area contributed by atoms with Crippen LogP contribution in [0.5, 0.6) is 0 Å². The first-order valence-corrected chi connectivity index (χ1v) is 4.85. The molecule has 0 aliphatic carbocycles. The Balaban J connectivity index is 2.67. The number of anilines is 1. The van der Waals surface area contributed by atoms with Crippen LogP contribution in [-0.4, -0.2) is 36.3 Å². The summed E-state index contributed by atoms with van der Waals surface area (Å²) in [5, 5.41) is 3.78. The predicted octanol–water partition coefficient (Wildman–Crippen LogP) is 0.631. The molecule has 6 heteroatoms. The van der Waals surface area contributed by atoms with Crippen LogP contribution in [0.25, 0.3) is 0 Å². The minimum atomic E-state index is -0.384. The van der Waals surface area contributed by atoms with Gasteiger partial charge in [-0.05, 0) is 19.0 Å². The molecule has 0 spiro atoms. The van der Waals surface area contributed by atoms with E-state index < -0.39 is 0 Å². The molecule has 0 atom stereocenters. The maximum absolute atomic E-state index is 10.9. The van der Waals surface area contributed by atoms with Gasteiger partial charge >= 0.3 is 5.97 Å². The van der Waals surface area contributed by atoms with Crippen LogP contribution in [0.3, 0.4) is 0 Å². The molecule has 1 aromatic heterocycles. The molecule has 0 aromatic carbocycles. The van der Waals surface area contributed by atoms with Gasteiger partial charge in [0.2, 0.25) is 5.89 Å². The molecule has 1 heterocycles. The van der Waals surface area contributed by atoms with E-state index in [4.69, 9.17) is 4.52 Å². The summed E-state index contributed by atoms with van der Waals surface area (Å²) in [7, 11) is 1.32. The molecule has 6 nitrogen and oxygen atoms in total. The lowest BCUT2D eigenvalue weighted by molar-refractivity contribution is -0.140. The summed E-state index contributed by atoms with van der Waals surface area (Å²) >= 11 is 0. The van der Waals surface area contributed by atoms with Gasteiger partial charge in [0.15, 0.2) is 0 Å². The molecule has 84 valence electrons. The lowest BCUT2D eigenvalue weighted by Crippen LogP contribution is -2.23. The molecule has 0 saturated carbocycles. The average molecular weight is 213 g/mol. The van der Waals surface area contributed by atoms with E-state index >= 15 is 0 Å². The largest absolute Gasteiger partial charge is 0.469 e. The molecule has 0 N–H and O–H groups in total. The van der Waals surface area contributed by atoms with E-state index in [2.05, 4.69) is 14.9 Å². The van der Waals surface area contributed by atoms with Crippen molar-refractivity contribution in [1.82, 2.24) is 10.1 Å². The maximum atomic E-state index is 10.9. The van der Waals surface area contributed by atoms with Gasteiger partial charge in [-0.3, -0.25) is 4.79 Å². The quantitative estimate of drug-likeness (QED) is 0.668. The number of hydrogen-bond acceptors (Lipinski definition) is 6. The van der Waals surface area contributed by atoms with Gasteiger partial charge in [0.25, 0.3) is 5.95 Å². The van der Waals surface area contributed by atoms with Crippen LogP contribution in [0, 0.1) is 0 Å². The van der Waals surface area contributed by atoms with Gasteiger partial charge in [-0.1, -0.05) is 0 Å². The summed E-state index contributed by atoms with van der Waals surface area (Å²) in [6, 6.07) is 0. The number of methoxy groups -OCH3 is 1. The van der Waals surface area contributed by atoms with E-state index in [1.807, 2.05) is 18.7 Å². The predicted molar refractivity (Wildman–Crippen MR) is 53.6 cm³/mol. The van der Waals surface area contributed by atoms with Crippen LogP contribution in [0.15, 0.2) is 4.52 Å². The highest BCUT2D eigenvalue weighted by Crippen LogP contribution is 2.09. The van der Waals surface area contributed by atoms with Crippen LogP contribution in [-0.2, 0) is 16.0 Å². The topological polar surface area (TPSA) is 68.5 Å². The van der Waals surface area contributed by atoms with Crippen LogP contribution >= 0.6 is 0 Å². The molecule has 0 aliphatic heterocycles. The summed E-state index contributed by atoms with van der Waals surface area (Å²) in [5.74, 6) is 0.410. The van der Waals surface area contributed by atoms with E-state index in [1.165, 1.54) is 7.11 Å². The summed E-state index contributed by atoms with van der Waals surface area (Å²) in [6.07, 6.45) is 0.0186. The first kappa shape index (κ1) is 11.5. The second-order valence-corrected chi connectivity index (χ2v) is 2.91. The van der Waals surface area contributed by atoms with Gasteiger partial charge < -0.3 is 14.2 Å². The third-order valence-corrected chi connectivity index (χ3v) is 2.03. The average Bonchev–Trinajstić information content (AvgIpc) is 2.68. The Hall–Kier alpha value is -1.59. The molecule has 0 bridgehead atoms. The van der Waals surface area contributed by atoms with Crippen LogP contribution < -0.4 is 4.90 Å². The molecule has 1 aromatic rings. The van der Waals surface area contributed by atoms with Crippen molar-refractivity contribution in [3.63, 3.8) is 0 Å². The maximum Gasteiger partial charge on any atom is 0.315 e. The standard InChI is InChI=1S/C9H15N3O3/c1-4-12(5-2)9-10-7(15-11-9)6-8(13)14-3/h4-6H2,1-3H3. The fourth-order valence-electron chi connectivity index (χ4n) is 1.15. The van der Waals surface area contributed by atoms with Crippen molar-refractivity contribution >= 4 is 11.9 Å². The normalized spacial score (nSPS) is 10.1. The van der Waals surface area contributed by atoms with Crippen molar-refractivity contribution in [2.75, 3.05) is 25.1 Å². The lowest BCUT2D eigenvalue weighted by Gasteiger charge is -2.14. The molecule has 1 rings (SSSR count). The van der Waals surface area contributed by atoms with Crippen LogP contribution in [0.2, 0.25) is 0 Å². The summed E-state index contributed by atoms with van der Waals surface area (Å²) < 4.78 is 9.41. The Kier molecular flexibility index (Phi) is 4.08. The van der Waals surface area contributed by atoms with E-state index in [0.717, 1.165) is 13.1 Å². The first-order chi connectivity index (χ1) is 7.21. The van der Waals surface area contributed by atoms with Gasteiger partial charge in [0.05, 0.1) is 7.11 Å². The van der Waals surface area contributed by atoms with Crippen molar-refractivity contribution in [2.24, 2.45) is 0 Å². The highest BCUT2D eigenvalue weighted by molar-refractivity contribution is 5.71. The molecular formula is C9H15N3O3. The Morgan fingerprint density at radius 2 is 2.13 bits per heavy atom. The summed E-state index contributed by atoms with van der Waals surface area (Å²) in [4.78, 5) is 17.0. The molecule has 0 saturated heterocycles. The molecule has 0 amide bonds. The first-order valence-electron chi connectivity index (χ1n) is 4.85. The third-order valence-electron chi connectivity index (χ3n) is 2.03. The zero-order chi connectivity index (χ0) is 11.3. The monoisotopic (exact) mass is 213 g/mol. The smallest absolute Gasteiger partial charge is 0.315 e. The van der Waals surface area contributed by atoms with E-state index in [0.29, 0.717) is 5.95 Å². The number of carbonyl (C=O) groups excluding carboxylic acids is 1. The van der Waals surface area contributed by atoms with Gasteiger partial charge in [-0.25, -0.2) is 0 Å². The Morgan fingerprint density at radius 1 is 1.47 bits per heavy atom. The van der Waals surface area contributed by atoms with Crippen molar-refractivity contribution in [3.8, 4) is 0 Å². The number of ether oxygens (including phenoxy) is 1. The molecule has 0 aliphatic rings. The van der Waals surface area contributed by atoms with E-state index in [-0.39, 0.29) is 18.3 Å². The fraction of sp³-hybridized carbons (Fsp3) is 0.667. The number of nitrogens with zero attached hydrogens (tertiary/aromatic N) is 3. The number of hydrogen-bond donors (Lipinski definition) is 0. The lowest BCUT2D eigenvalue weighted by atomic mass is 10.4. The molecule has 0 fully saturated rings. The Labute approximate surface area is 88.2 Å². The van der Waals surface area contributed by atoms with Gasteiger partial charge in [-0.2, -0.15) is 4.98 Å². The van der Waals surface area contributed by atoms with E-state index in [1.54, 1.807) is 0 Å². The number of carbonyl (C=O) groups is 1. The van der Waals surface area contributed by atoms with Crippen molar-refractivity contribution in [3.05, 3.63) is 5.89 Å². The minimum Gasteiger partial charge on any atom is -0.469 e. The zero-order valence-electron chi connectivity index (χ0n) is 9.19. The number of esters is 1. The van der Waals surface area contributed by atoms with Gasteiger partial charge in [0, 0.05) is 13.1 Å². The third kappa shape index (κ3) is 2.93. The van der Waals surface area contributed by atoms with Crippen LogP contribution in [0.4, 0.5) is 5.95 Å². The fourth-order valence-corrected chi connectivity index (χ4v) is 1.15. The molecule has 0 radical (unpaired) electrons. The minimum absolute atomic E-state index is 0.0186. The summed E-state index contributed by atoms with van der Waals surface area (Å²) in [5.41, 5.74) is 0. The van der Waals surface area contributed by atoms with Crippen LogP contribution in [0.1, 0.15) is 19.7 Å². The summed E-state index contributed by atoms with van der Waals surface area (Å²) in [6.45, 7) is 5.60. The van der Waals surface area contributed by atoms with Crippen molar-refractivity contribution in [1.29, 1.82) is 0 Å². The highest BCUT2D eigenvalue weighted by Gasteiger charge is 2.14. The van der Waals surface area contributed by atoms with Crippen molar-refractivity contribution in [2.45, 2.75) is 20.3 Å². The second-order valence-electron chi connectivity index (χ2n) is 2.91. The second kappa shape index (κ2) is 5.33. The molecule has 15 heavy (non-hydrogen) atoms.